The second-order valence-electron chi connectivity index (χ2n) is 3.32. The van der Waals surface area contributed by atoms with Gasteiger partial charge in [-0.05, 0) is 34.5 Å². The molecular formula is C11H10ClOPS. The van der Waals surface area contributed by atoms with Crippen molar-refractivity contribution in [3.8, 4) is 5.75 Å². The lowest BCUT2D eigenvalue weighted by atomic mass is 10.1. The van der Waals surface area contributed by atoms with Crippen LogP contribution in [0.5, 0.6) is 5.75 Å². The lowest BCUT2D eigenvalue weighted by molar-refractivity contribution is 0.636. The molecule has 0 heterocycles. The number of hydrogen-bond donors (Lipinski definition) is 0. The largest absolute Gasteiger partial charge is 0.452 e. The van der Waals surface area contributed by atoms with Gasteiger partial charge in [-0.1, -0.05) is 36.4 Å². The highest BCUT2D eigenvalue weighted by atomic mass is 35.7. The number of benzene rings is 2. The molecule has 4 heteroatoms. The molecule has 0 bridgehead atoms. The van der Waals surface area contributed by atoms with Crippen molar-refractivity contribution in [1.29, 1.82) is 0 Å². The summed E-state index contributed by atoms with van der Waals surface area (Å²) in [5, 5.41) is 2.19. The van der Waals surface area contributed by atoms with Crippen molar-refractivity contribution < 1.29 is 4.52 Å². The van der Waals surface area contributed by atoms with E-state index in [-0.39, 0.29) is 0 Å². The maximum Gasteiger partial charge on any atom is 0.196 e. The molecular weight excluding hydrogens is 247 g/mol. The van der Waals surface area contributed by atoms with E-state index in [4.69, 9.17) is 27.6 Å². The third kappa shape index (κ3) is 2.72. The summed E-state index contributed by atoms with van der Waals surface area (Å²) < 4.78 is 5.61. The topological polar surface area (TPSA) is 9.23 Å². The van der Waals surface area contributed by atoms with Gasteiger partial charge < -0.3 is 4.52 Å². The predicted octanol–water partition coefficient (Wildman–Crippen LogP) is 4.40. The van der Waals surface area contributed by atoms with Gasteiger partial charge in [-0.15, -0.1) is 0 Å². The quantitative estimate of drug-likeness (QED) is 0.737. The van der Waals surface area contributed by atoms with E-state index in [1.165, 1.54) is 0 Å². The summed E-state index contributed by atoms with van der Waals surface area (Å²) in [7, 11) is 0. The van der Waals surface area contributed by atoms with Gasteiger partial charge in [0.05, 0.1) is 0 Å². The van der Waals surface area contributed by atoms with Gasteiger partial charge in [0.15, 0.2) is 5.62 Å². The second kappa shape index (κ2) is 4.13. The summed E-state index contributed by atoms with van der Waals surface area (Å²) in [4.78, 5) is 0. The summed E-state index contributed by atoms with van der Waals surface area (Å²) >= 11 is 11.1. The van der Waals surface area contributed by atoms with Gasteiger partial charge in [0, 0.05) is 12.1 Å². The molecule has 2 aromatic carbocycles. The van der Waals surface area contributed by atoms with Crippen LogP contribution < -0.4 is 4.52 Å². The summed E-state index contributed by atoms with van der Waals surface area (Å²) in [6.45, 7) is 1.76. The molecule has 0 radical (unpaired) electrons. The van der Waals surface area contributed by atoms with E-state index in [9.17, 15) is 0 Å². The zero-order valence-electron chi connectivity index (χ0n) is 8.18. The molecule has 0 aromatic heterocycles. The molecule has 1 nitrogen and oxygen atoms in total. The average Bonchev–Trinajstić information content (AvgIpc) is 2.16. The van der Waals surface area contributed by atoms with Gasteiger partial charge in [-0.3, -0.25) is 0 Å². The lowest BCUT2D eigenvalue weighted by Gasteiger charge is -2.13. The normalized spacial score (nSPS) is 14.8. The maximum absolute atomic E-state index is 5.97. The van der Waals surface area contributed by atoms with Gasteiger partial charge in [0.25, 0.3) is 0 Å². The first-order valence-electron chi connectivity index (χ1n) is 4.51. The summed E-state index contributed by atoms with van der Waals surface area (Å²) in [6.07, 6.45) is 0. The Bertz CT molecular complexity index is 530. The van der Waals surface area contributed by atoms with Crippen molar-refractivity contribution in [2.75, 3.05) is 6.66 Å². The first-order valence-corrected chi connectivity index (χ1v) is 8.58. The van der Waals surface area contributed by atoms with Crippen LogP contribution in [0, 0.1) is 0 Å². The number of hydrogen-bond acceptors (Lipinski definition) is 2. The first-order chi connectivity index (χ1) is 7.06. The molecule has 0 amide bonds. The van der Waals surface area contributed by atoms with E-state index in [1.807, 2.05) is 42.5 Å². The molecule has 0 fully saturated rings. The fourth-order valence-electron chi connectivity index (χ4n) is 1.45. The fourth-order valence-corrected chi connectivity index (χ4v) is 2.43. The second-order valence-corrected chi connectivity index (χ2v) is 9.62. The zero-order valence-corrected chi connectivity index (χ0v) is 10.6. The van der Waals surface area contributed by atoms with Crippen molar-refractivity contribution in [1.82, 2.24) is 0 Å². The van der Waals surface area contributed by atoms with E-state index >= 15 is 0 Å². The Morgan fingerprint density at radius 3 is 2.53 bits per heavy atom. The van der Waals surface area contributed by atoms with Crippen LogP contribution in [0.15, 0.2) is 42.5 Å². The van der Waals surface area contributed by atoms with E-state index < -0.39 is 5.62 Å². The van der Waals surface area contributed by atoms with Crippen LogP contribution in [0.1, 0.15) is 0 Å². The van der Waals surface area contributed by atoms with Crippen molar-refractivity contribution in [2.24, 2.45) is 0 Å². The SMILES string of the molecule is CP(=S)(Cl)Oc1cccc2ccccc12. The van der Waals surface area contributed by atoms with E-state index in [0.29, 0.717) is 0 Å². The van der Waals surface area contributed by atoms with Crippen LogP contribution in [0.4, 0.5) is 0 Å². The van der Waals surface area contributed by atoms with E-state index in [0.717, 1.165) is 16.5 Å². The molecule has 0 spiro atoms. The van der Waals surface area contributed by atoms with Gasteiger partial charge >= 0.3 is 0 Å². The molecule has 2 aromatic rings. The third-order valence-corrected chi connectivity index (χ3v) is 2.96. The average molecular weight is 257 g/mol. The third-order valence-electron chi connectivity index (χ3n) is 2.01. The Kier molecular flexibility index (Phi) is 3.01. The molecule has 0 aliphatic carbocycles. The molecule has 1 atom stereocenters. The smallest absolute Gasteiger partial charge is 0.196 e. The molecule has 2 rings (SSSR count). The highest BCUT2D eigenvalue weighted by Gasteiger charge is 2.09. The molecule has 0 aliphatic heterocycles. The fraction of sp³-hybridized carbons (Fsp3) is 0.0909. The Morgan fingerprint density at radius 1 is 1.13 bits per heavy atom. The molecule has 0 N–H and O–H groups in total. The van der Waals surface area contributed by atoms with Gasteiger partial charge in [0.2, 0.25) is 0 Å². The minimum Gasteiger partial charge on any atom is -0.452 e. The summed E-state index contributed by atoms with van der Waals surface area (Å²) in [6, 6.07) is 13.9. The lowest BCUT2D eigenvalue weighted by Crippen LogP contribution is -1.85. The maximum atomic E-state index is 5.97. The Hall–Kier alpha value is -0.560. The standard InChI is InChI=1S/C11H10ClOPS/c1-14(12,15)13-11-8-4-6-9-5-2-3-7-10(9)11/h2-8H,1H3. The first kappa shape index (κ1) is 10.9. The van der Waals surface area contributed by atoms with Gasteiger partial charge in [-0.2, -0.15) is 0 Å². The van der Waals surface area contributed by atoms with Crippen molar-refractivity contribution in [2.45, 2.75) is 0 Å². The molecule has 1 unspecified atom stereocenters. The Morgan fingerprint density at radius 2 is 1.80 bits per heavy atom. The summed E-state index contributed by atoms with van der Waals surface area (Å²) in [5.41, 5.74) is -2.19. The van der Waals surface area contributed by atoms with Gasteiger partial charge in [-0.25, -0.2) is 0 Å². The van der Waals surface area contributed by atoms with Crippen molar-refractivity contribution in [3.05, 3.63) is 42.5 Å². The van der Waals surface area contributed by atoms with Crippen molar-refractivity contribution >= 4 is 39.4 Å². The van der Waals surface area contributed by atoms with Crippen LogP contribution >= 0.6 is 16.9 Å². The molecule has 0 aliphatic rings. The number of halogens is 1. The van der Waals surface area contributed by atoms with Crippen LogP contribution in [0.25, 0.3) is 10.8 Å². The molecule has 78 valence electrons. The van der Waals surface area contributed by atoms with Crippen LogP contribution in [-0.2, 0) is 11.8 Å². The number of fused-ring (bicyclic) bond motifs is 1. The highest BCUT2D eigenvalue weighted by Crippen LogP contribution is 2.49. The van der Waals surface area contributed by atoms with Crippen molar-refractivity contribution in [3.63, 3.8) is 0 Å². The van der Waals surface area contributed by atoms with E-state index in [1.54, 1.807) is 6.66 Å². The highest BCUT2D eigenvalue weighted by molar-refractivity contribution is 8.24. The Balaban J connectivity index is 2.56. The molecule has 0 saturated carbocycles. The van der Waals surface area contributed by atoms with E-state index in [2.05, 4.69) is 0 Å². The zero-order chi connectivity index (χ0) is 10.9. The predicted molar refractivity (Wildman–Crippen MR) is 70.6 cm³/mol. The monoisotopic (exact) mass is 256 g/mol. The minimum absolute atomic E-state index is 0.772. The van der Waals surface area contributed by atoms with Crippen LogP contribution in [-0.4, -0.2) is 6.66 Å². The molecule has 0 saturated heterocycles. The van der Waals surface area contributed by atoms with Crippen LogP contribution in [0.3, 0.4) is 0 Å². The van der Waals surface area contributed by atoms with Gasteiger partial charge in [0.1, 0.15) is 5.75 Å². The minimum atomic E-state index is -2.19. The summed E-state index contributed by atoms with van der Waals surface area (Å²) in [5.74, 6) is 0.772. The molecule has 15 heavy (non-hydrogen) atoms. The van der Waals surface area contributed by atoms with Crippen LogP contribution in [0.2, 0.25) is 0 Å². The Labute approximate surface area is 98.9 Å². The number of rotatable bonds is 2.